The summed E-state index contributed by atoms with van der Waals surface area (Å²) in [5, 5.41) is 2.74. The van der Waals surface area contributed by atoms with Crippen molar-refractivity contribution in [1.29, 1.82) is 0 Å². The van der Waals surface area contributed by atoms with Gasteiger partial charge in [0.15, 0.2) is 6.61 Å². The van der Waals surface area contributed by atoms with Crippen LogP contribution in [0.2, 0.25) is 5.02 Å². The molecule has 0 bridgehead atoms. The molecule has 3 rings (SSSR count). The van der Waals surface area contributed by atoms with Gasteiger partial charge in [-0.2, -0.15) is 13.2 Å². The molecule has 1 heterocycles. The summed E-state index contributed by atoms with van der Waals surface area (Å²) in [6.07, 6.45) is -4.56. The maximum atomic E-state index is 12.4. The molecule has 0 fully saturated rings. The van der Waals surface area contributed by atoms with Crippen molar-refractivity contribution in [3.8, 4) is 5.75 Å². The minimum Gasteiger partial charge on any atom is -0.482 e. The van der Waals surface area contributed by atoms with Crippen LogP contribution in [0.15, 0.2) is 47.4 Å². The topological polar surface area (TPSA) is 58.6 Å². The van der Waals surface area contributed by atoms with Crippen LogP contribution in [0, 0.1) is 0 Å². The lowest BCUT2D eigenvalue weighted by molar-refractivity contribution is -0.153. The molecular formula is C19H16ClF3N2O3S. The number of carbonyl (C=O) groups is 2. The van der Waals surface area contributed by atoms with E-state index in [0.29, 0.717) is 0 Å². The van der Waals surface area contributed by atoms with Gasteiger partial charge >= 0.3 is 6.18 Å². The number of nitrogens with one attached hydrogen (secondary N) is 1. The molecule has 0 atom stereocenters. The van der Waals surface area contributed by atoms with Crippen LogP contribution in [0.1, 0.15) is 6.42 Å². The Morgan fingerprint density at radius 3 is 2.76 bits per heavy atom. The first-order valence-electron chi connectivity index (χ1n) is 8.54. The number of ether oxygens (including phenoxy) is 1. The molecule has 154 valence electrons. The van der Waals surface area contributed by atoms with Gasteiger partial charge in [-0.1, -0.05) is 23.7 Å². The number of nitrogens with zero attached hydrogens (tertiary/aromatic N) is 1. The largest absolute Gasteiger partial charge is 0.482 e. The zero-order chi connectivity index (χ0) is 21.0. The van der Waals surface area contributed by atoms with Gasteiger partial charge in [-0.05, 0) is 30.3 Å². The number of hydrogen-bond donors (Lipinski definition) is 1. The molecule has 1 aliphatic rings. The number of carbonyl (C=O) groups excluding carboxylic acids is 2. The summed E-state index contributed by atoms with van der Waals surface area (Å²) in [4.78, 5) is 27.1. The number of alkyl halides is 3. The minimum atomic E-state index is -4.51. The van der Waals surface area contributed by atoms with Gasteiger partial charge in [-0.3, -0.25) is 9.59 Å². The number of benzene rings is 2. The molecule has 2 aromatic rings. The van der Waals surface area contributed by atoms with E-state index in [4.69, 9.17) is 16.3 Å². The predicted octanol–water partition coefficient (Wildman–Crippen LogP) is 4.75. The maximum Gasteiger partial charge on any atom is 0.422 e. The summed E-state index contributed by atoms with van der Waals surface area (Å²) in [6.45, 7) is -1.35. The van der Waals surface area contributed by atoms with E-state index in [1.807, 2.05) is 12.1 Å². The SMILES string of the molecule is O=C(CCN1C(=O)CSc2ccccc21)Nc1cc(Cl)ccc1OCC(F)(F)F. The Hall–Kier alpha value is -2.39. The molecule has 0 saturated heterocycles. The monoisotopic (exact) mass is 444 g/mol. The summed E-state index contributed by atoms with van der Waals surface area (Å²) in [6, 6.07) is 11.3. The van der Waals surface area contributed by atoms with Gasteiger partial charge in [-0.15, -0.1) is 11.8 Å². The van der Waals surface area contributed by atoms with Crippen LogP contribution in [0.3, 0.4) is 0 Å². The van der Waals surface area contributed by atoms with E-state index < -0.39 is 18.7 Å². The van der Waals surface area contributed by atoms with Gasteiger partial charge < -0.3 is 15.0 Å². The van der Waals surface area contributed by atoms with Gasteiger partial charge in [0, 0.05) is 22.9 Å². The molecule has 0 unspecified atom stereocenters. The third kappa shape index (κ3) is 5.80. The van der Waals surface area contributed by atoms with Gasteiger partial charge in [-0.25, -0.2) is 0 Å². The summed E-state index contributed by atoms with van der Waals surface area (Å²) < 4.78 is 42.0. The fourth-order valence-electron chi connectivity index (χ4n) is 2.71. The van der Waals surface area contributed by atoms with Crippen LogP contribution in [0.4, 0.5) is 24.5 Å². The Labute approximate surface area is 174 Å². The Morgan fingerprint density at radius 2 is 2.00 bits per heavy atom. The lowest BCUT2D eigenvalue weighted by Crippen LogP contribution is -2.37. The van der Waals surface area contributed by atoms with Crippen molar-refractivity contribution >= 4 is 46.6 Å². The first kappa shape index (κ1) is 21.3. The molecule has 29 heavy (non-hydrogen) atoms. The van der Waals surface area contributed by atoms with Crippen LogP contribution >= 0.6 is 23.4 Å². The van der Waals surface area contributed by atoms with Gasteiger partial charge in [0.1, 0.15) is 5.75 Å². The van der Waals surface area contributed by atoms with Crippen molar-refractivity contribution in [3.63, 3.8) is 0 Å². The molecule has 0 radical (unpaired) electrons. The standard InChI is InChI=1S/C19H16ClF3N2O3S/c20-12-5-6-15(28-11-19(21,22)23)13(9-12)24-17(26)7-8-25-14-3-1-2-4-16(14)29-10-18(25)27/h1-6,9H,7-8,10-11H2,(H,24,26). The Bertz CT molecular complexity index is 924. The molecule has 5 nitrogen and oxygen atoms in total. The van der Waals surface area contributed by atoms with Crippen LogP contribution < -0.4 is 15.0 Å². The molecule has 10 heteroatoms. The second-order valence-corrected chi connectivity index (χ2v) is 7.60. The second-order valence-electron chi connectivity index (χ2n) is 6.14. The van der Waals surface area contributed by atoms with E-state index in [0.717, 1.165) is 10.6 Å². The Balaban J connectivity index is 1.66. The highest BCUT2D eigenvalue weighted by Gasteiger charge is 2.29. The summed E-state index contributed by atoms with van der Waals surface area (Å²) in [5.74, 6) is -0.454. The van der Waals surface area contributed by atoms with E-state index in [1.54, 1.807) is 12.1 Å². The second kappa shape index (κ2) is 8.96. The number of thioether (sulfide) groups is 1. The van der Waals surface area contributed by atoms with E-state index in [-0.39, 0.29) is 41.1 Å². The van der Waals surface area contributed by atoms with E-state index in [1.165, 1.54) is 34.9 Å². The molecule has 0 saturated carbocycles. The lowest BCUT2D eigenvalue weighted by Gasteiger charge is -2.28. The van der Waals surface area contributed by atoms with E-state index >= 15 is 0 Å². The van der Waals surface area contributed by atoms with Crippen molar-refractivity contribution < 1.29 is 27.5 Å². The average molecular weight is 445 g/mol. The van der Waals surface area contributed by atoms with Gasteiger partial charge in [0.25, 0.3) is 0 Å². The van der Waals surface area contributed by atoms with Crippen molar-refractivity contribution in [2.75, 3.05) is 29.1 Å². The third-order valence-electron chi connectivity index (χ3n) is 3.98. The number of fused-ring (bicyclic) bond motifs is 1. The number of para-hydroxylation sites is 1. The predicted molar refractivity (Wildman–Crippen MR) is 106 cm³/mol. The minimum absolute atomic E-state index is 0.0349. The molecule has 0 aromatic heterocycles. The number of anilines is 2. The molecule has 2 aromatic carbocycles. The van der Waals surface area contributed by atoms with Crippen LogP contribution in [-0.2, 0) is 9.59 Å². The summed E-state index contributed by atoms with van der Waals surface area (Å²) in [7, 11) is 0. The average Bonchev–Trinajstić information content (AvgIpc) is 2.66. The van der Waals surface area contributed by atoms with Crippen LogP contribution in [0.5, 0.6) is 5.75 Å². The number of halogens is 4. The third-order valence-corrected chi connectivity index (χ3v) is 5.26. The highest BCUT2D eigenvalue weighted by atomic mass is 35.5. The first-order chi connectivity index (χ1) is 13.7. The molecule has 2 amide bonds. The zero-order valence-electron chi connectivity index (χ0n) is 15.0. The van der Waals surface area contributed by atoms with Gasteiger partial charge in [0.2, 0.25) is 11.8 Å². The van der Waals surface area contributed by atoms with E-state index in [9.17, 15) is 22.8 Å². The fourth-order valence-corrected chi connectivity index (χ4v) is 3.82. The Morgan fingerprint density at radius 1 is 1.24 bits per heavy atom. The van der Waals surface area contributed by atoms with Crippen molar-refractivity contribution in [3.05, 3.63) is 47.5 Å². The number of amides is 2. The fraction of sp³-hybridized carbons (Fsp3) is 0.263. The van der Waals surface area contributed by atoms with E-state index in [2.05, 4.69) is 5.32 Å². The molecule has 0 aliphatic carbocycles. The van der Waals surface area contributed by atoms with Crippen LogP contribution in [-0.4, -0.2) is 36.9 Å². The molecule has 1 N–H and O–H groups in total. The highest BCUT2D eigenvalue weighted by molar-refractivity contribution is 8.00. The zero-order valence-corrected chi connectivity index (χ0v) is 16.5. The highest BCUT2D eigenvalue weighted by Crippen LogP contribution is 2.35. The van der Waals surface area contributed by atoms with Crippen molar-refractivity contribution in [2.24, 2.45) is 0 Å². The smallest absolute Gasteiger partial charge is 0.422 e. The molecule has 1 aliphatic heterocycles. The van der Waals surface area contributed by atoms with Gasteiger partial charge in [0.05, 0.1) is 17.1 Å². The molecular weight excluding hydrogens is 429 g/mol. The maximum absolute atomic E-state index is 12.4. The summed E-state index contributed by atoms with van der Waals surface area (Å²) in [5.41, 5.74) is 0.770. The normalized spacial score (nSPS) is 13.8. The molecule has 0 spiro atoms. The quantitative estimate of drug-likeness (QED) is 0.698. The lowest BCUT2D eigenvalue weighted by atomic mass is 10.2. The Kier molecular flexibility index (Phi) is 6.59. The summed E-state index contributed by atoms with van der Waals surface area (Å²) >= 11 is 7.31. The number of rotatable bonds is 6. The first-order valence-corrected chi connectivity index (χ1v) is 9.90. The van der Waals surface area contributed by atoms with Crippen molar-refractivity contribution in [1.82, 2.24) is 0 Å². The number of hydrogen-bond acceptors (Lipinski definition) is 4. The van der Waals surface area contributed by atoms with Crippen molar-refractivity contribution in [2.45, 2.75) is 17.5 Å². The van der Waals surface area contributed by atoms with Crippen LogP contribution in [0.25, 0.3) is 0 Å².